The Balaban J connectivity index is 1.06. The van der Waals surface area contributed by atoms with Crippen LogP contribution in [0.15, 0.2) is 97.1 Å². The fourth-order valence-corrected chi connectivity index (χ4v) is 7.13. The first-order valence-electron chi connectivity index (χ1n) is 19.2. The number of benzene rings is 4. The zero-order valence-corrected chi connectivity index (χ0v) is 31.4. The molecule has 0 spiro atoms. The molecule has 4 aromatic rings. The van der Waals surface area contributed by atoms with Crippen molar-refractivity contribution in [3.8, 4) is 11.1 Å². The van der Waals surface area contributed by atoms with Crippen LogP contribution >= 0.6 is 0 Å². The van der Waals surface area contributed by atoms with Crippen molar-refractivity contribution in [2.45, 2.75) is 70.7 Å². The van der Waals surface area contributed by atoms with E-state index >= 15 is 0 Å². The van der Waals surface area contributed by atoms with Gasteiger partial charge in [-0.3, -0.25) is 24.6 Å². The van der Waals surface area contributed by atoms with Crippen molar-refractivity contribution in [3.05, 3.63) is 129 Å². The topological polar surface area (TPSA) is 147 Å². The number of ether oxygens (including phenoxy) is 2. The average molecular weight is 750 g/mol. The van der Waals surface area contributed by atoms with Gasteiger partial charge in [-0.25, -0.2) is 0 Å². The second kappa shape index (κ2) is 19.4. The highest BCUT2D eigenvalue weighted by molar-refractivity contribution is 5.76. The molecule has 0 aliphatic carbocycles. The summed E-state index contributed by atoms with van der Waals surface area (Å²) in [4.78, 5) is 38.8. The predicted octanol–water partition coefficient (Wildman–Crippen LogP) is 6.43. The fourth-order valence-electron chi connectivity index (χ4n) is 7.13. The van der Waals surface area contributed by atoms with Gasteiger partial charge >= 0.3 is 0 Å². The van der Waals surface area contributed by atoms with E-state index in [9.17, 15) is 24.8 Å². The predicted molar refractivity (Wildman–Crippen MR) is 211 cm³/mol. The third-order valence-electron chi connectivity index (χ3n) is 10.3. The molecule has 2 saturated heterocycles. The summed E-state index contributed by atoms with van der Waals surface area (Å²) in [6.45, 7) is 6.65. The number of nitro benzene ring substituents is 1. The Kier molecular flexibility index (Phi) is 14.0. The monoisotopic (exact) mass is 749 g/mol. The number of nitro groups is 1. The molecule has 0 saturated carbocycles. The quantitative estimate of drug-likeness (QED) is 0.0670. The van der Waals surface area contributed by atoms with Crippen LogP contribution in [0.4, 0.5) is 11.4 Å². The molecule has 0 radical (unpaired) electrons. The number of nitrogens with zero attached hydrogens (tertiary/aromatic N) is 3. The van der Waals surface area contributed by atoms with Crippen LogP contribution in [-0.4, -0.2) is 72.1 Å². The molecule has 3 atom stereocenters. The summed E-state index contributed by atoms with van der Waals surface area (Å²) in [5.74, 6) is -0.0112. The van der Waals surface area contributed by atoms with Gasteiger partial charge in [0.05, 0.1) is 23.7 Å². The fraction of sp³-hybridized carbons (Fsp3) is 0.395. The van der Waals surface area contributed by atoms with Gasteiger partial charge in [-0.05, 0) is 58.9 Å². The molecule has 2 amide bonds. The minimum Gasteiger partial charge on any atom is -0.392 e. The van der Waals surface area contributed by atoms with Crippen LogP contribution in [0.5, 0.6) is 0 Å². The highest BCUT2D eigenvalue weighted by atomic mass is 16.7. The molecule has 2 heterocycles. The summed E-state index contributed by atoms with van der Waals surface area (Å²) < 4.78 is 13.3. The van der Waals surface area contributed by atoms with Gasteiger partial charge in [0, 0.05) is 89.0 Å². The number of hydrogen-bond acceptors (Lipinski definition) is 9. The summed E-state index contributed by atoms with van der Waals surface area (Å²) in [5.41, 5.74) is 7.01. The third kappa shape index (κ3) is 11.4. The lowest BCUT2D eigenvalue weighted by atomic mass is 9.98. The van der Waals surface area contributed by atoms with Gasteiger partial charge in [-0.15, -0.1) is 0 Å². The maximum Gasteiger partial charge on any atom is 0.269 e. The Morgan fingerprint density at radius 1 is 0.818 bits per heavy atom. The lowest BCUT2D eigenvalue weighted by Gasteiger charge is -2.41. The first kappa shape index (κ1) is 39.6. The Morgan fingerprint density at radius 3 is 2.24 bits per heavy atom. The van der Waals surface area contributed by atoms with Crippen molar-refractivity contribution >= 4 is 23.2 Å². The smallest absolute Gasteiger partial charge is 0.269 e. The van der Waals surface area contributed by atoms with Crippen molar-refractivity contribution in [2.24, 2.45) is 0 Å². The molecule has 55 heavy (non-hydrogen) atoms. The number of anilines is 1. The molecular formula is C43H51N5O7. The molecule has 0 aromatic heterocycles. The highest BCUT2D eigenvalue weighted by Crippen LogP contribution is 2.39. The van der Waals surface area contributed by atoms with E-state index in [1.807, 2.05) is 48.5 Å². The number of rotatable bonds is 16. The molecule has 6 rings (SSSR count). The van der Waals surface area contributed by atoms with Crippen molar-refractivity contribution in [1.82, 2.24) is 15.5 Å². The van der Waals surface area contributed by atoms with Crippen LogP contribution in [0.25, 0.3) is 11.1 Å². The van der Waals surface area contributed by atoms with Crippen LogP contribution in [-0.2, 0) is 32.2 Å². The van der Waals surface area contributed by atoms with Crippen LogP contribution < -0.4 is 15.5 Å². The second-order valence-corrected chi connectivity index (χ2v) is 14.3. The van der Waals surface area contributed by atoms with Gasteiger partial charge in [-0.1, -0.05) is 73.2 Å². The van der Waals surface area contributed by atoms with Crippen molar-refractivity contribution in [3.63, 3.8) is 0 Å². The molecule has 3 N–H and O–H groups in total. The molecule has 0 bridgehead atoms. The largest absolute Gasteiger partial charge is 0.392 e. The van der Waals surface area contributed by atoms with Gasteiger partial charge in [-0.2, -0.15) is 0 Å². The number of non-ortho nitro benzene ring substituents is 1. The van der Waals surface area contributed by atoms with Crippen molar-refractivity contribution < 1.29 is 29.1 Å². The first-order valence-corrected chi connectivity index (χ1v) is 19.2. The molecule has 12 heteroatoms. The maximum atomic E-state index is 12.4. The Labute approximate surface area is 322 Å². The molecule has 2 fully saturated rings. The number of hydrogen-bond donors (Lipinski definition) is 3. The summed E-state index contributed by atoms with van der Waals surface area (Å²) in [5, 5.41) is 26.5. The molecule has 2 aliphatic heterocycles. The Bertz CT molecular complexity index is 1860. The SMILES string of the molecule is CC(=O)NCCCCCC(=O)NCc1cccc(-c2ccc([C@H]3O[C@@H](CN4CCN(c5ccc([N+](=O)[O-])cc5)CC4)C[C@@H](c4ccc(CO)cc4)O3)cc2)c1. The van der Waals surface area contributed by atoms with Gasteiger partial charge in [0.1, 0.15) is 0 Å². The average Bonchev–Trinajstić information content (AvgIpc) is 3.21. The first-order chi connectivity index (χ1) is 26.7. The molecular weight excluding hydrogens is 699 g/mol. The van der Waals surface area contributed by atoms with E-state index in [4.69, 9.17) is 9.47 Å². The number of aliphatic hydroxyl groups is 1. The number of aliphatic hydroxyl groups excluding tert-OH is 1. The van der Waals surface area contributed by atoms with Gasteiger partial charge in [0.2, 0.25) is 11.8 Å². The van der Waals surface area contributed by atoms with Crippen LogP contribution in [0.3, 0.4) is 0 Å². The standard InChI is InChI=1S/C43H51N5O7/c1-31(50)44-21-4-2-3-8-42(51)45-28-33-6-5-7-37(26-33)34-13-15-36(16-14-34)43-54-40(27-41(55-43)35-11-9-32(30-49)10-12-35)29-46-22-24-47(25-23-46)38-17-19-39(20-18-38)48(52)53/h5-7,9-20,26,40-41,43,49H,2-4,8,21-25,27-30H2,1H3,(H,44,50)(H,45,51)/t40-,41+,43+/m1/s1. The number of carbonyl (C=O) groups is 2. The van der Waals surface area contributed by atoms with Gasteiger partial charge < -0.3 is 30.1 Å². The van der Waals surface area contributed by atoms with E-state index in [1.54, 1.807) is 12.1 Å². The molecule has 0 unspecified atom stereocenters. The lowest BCUT2D eigenvalue weighted by Crippen LogP contribution is -2.49. The van der Waals surface area contributed by atoms with Crippen molar-refractivity contribution in [2.75, 3.05) is 44.2 Å². The normalized spacial score (nSPS) is 18.8. The Morgan fingerprint density at radius 2 is 1.55 bits per heavy atom. The van der Waals surface area contributed by atoms with E-state index in [0.717, 1.165) is 91.1 Å². The number of nitrogens with one attached hydrogen (secondary N) is 2. The van der Waals surface area contributed by atoms with Crippen LogP contribution in [0.2, 0.25) is 0 Å². The number of unbranched alkanes of at least 4 members (excludes halogenated alkanes) is 2. The van der Waals surface area contributed by atoms with Gasteiger partial charge in [0.15, 0.2) is 6.29 Å². The minimum absolute atomic E-state index is 0.0149. The van der Waals surface area contributed by atoms with Gasteiger partial charge in [0.25, 0.3) is 5.69 Å². The van der Waals surface area contributed by atoms with Crippen LogP contribution in [0, 0.1) is 10.1 Å². The number of piperazine rings is 1. The number of carbonyl (C=O) groups excluding carboxylic acids is 2. The van der Waals surface area contributed by atoms with E-state index in [0.29, 0.717) is 25.9 Å². The summed E-state index contributed by atoms with van der Waals surface area (Å²) in [6.07, 6.45) is 2.85. The minimum atomic E-state index is -0.566. The maximum absolute atomic E-state index is 12.4. The van der Waals surface area contributed by atoms with E-state index in [1.165, 1.54) is 6.92 Å². The van der Waals surface area contributed by atoms with Crippen molar-refractivity contribution in [1.29, 1.82) is 0 Å². The van der Waals surface area contributed by atoms with E-state index < -0.39 is 6.29 Å². The molecule has 290 valence electrons. The second-order valence-electron chi connectivity index (χ2n) is 14.3. The zero-order chi connectivity index (χ0) is 38.6. The summed E-state index contributed by atoms with van der Waals surface area (Å²) in [6, 6.07) is 31.1. The highest BCUT2D eigenvalue weighted by Gasteiger charge is 2.34. The molecule has 12 nitrogen and oxygen atoms in total. The molecule has 4 aromatic carbocycles. The lowest BCUT2D eigenvalue weighted by molar-refractivity contribution is -0.384. The zero-order valence-electron chi connectivity index (χ0n) is 31.4. The summed E-state index contributed by atoms with van der Waals surface area (Å²) in [7, 11) is 0. The third-order valence-corrected chi connectivity index (χ3v) is 10.3. The molecule has 2 aliphatic rings. The summed E-state index contributed by atoms with van der Waals surface area (Å²) >= 11 is 0. The van der Waals surface area contributed by atoms with Crippen LogP contribution in [0.1, 0.15) is 73.7 Å². The number of amides is 2. The Hall–Kier alpha value is -5.14. The van der Waals surface area contributed by atoms with E-state index in [2.05, 4.69) is 56.8 Å². The van der Waals surface area contributed by atoms with E-state index in [-0.39, 0.29) is 41.2 Å².